The molecule has 0 amide bonds. The Balaban J connectivity index is 2.92. The van der Waals surface area contributed by atoms with Gasteiger partial charge in [-0.1, -0.05) is 39.5 Å². The summed E-state index contributed by atoms with van der Waals surface area (Å²) in [5, 5.41) is 0. The van der Waals surface area contributed by atoms with Crippen molar-refractivity contribution < 1.29 is 23.7 Å². The molecule has 0 unspecified atom stereocenters. The zero-order chi connectivity index (χ0) is 16.8. The van der Waals surface area contributed by atoms with E-state index in [1.54, 1.807) is 0 Å². The van der Waals surface area contributed by atoms with Crippen molar-refractivity contribution in [1.29, 1.82) is 0 Å². The quantitative estimate of drug-likeness (QED) is 0.319. The Morgan fingerprint density at radius 1 is 0.348 bits per heavy atom. The molecule has 0 N–H and O–H groups in total. The van der Waals surface area contributed by atoms with Gasteiger partial charge >= 0.3 is 0 Å². The van der Waals surface area contributed by atoms with E-state index in [0.717, 1.165) is 26.1 Å². The second-order valence-corrected chi connectivity index (χ2v) is 5.48. The largest absolute Gasteiger partial charge is 0.379 e. The molecule has 0 aromatic rings. The molecule has 0 saturated carbocycles. The van der Waals surface area contributed by atoms with E-state index in [9.17, 15) is 0 Å². The van der Waals surface area contributed by atoms with Crippen LogP contribution in [-0.2, 0) is 23.7 Å². The molecule has 23 heavy (non-hydrogen) atoms. The molecule has 0 aromatic heterocycles. The van der Waals surface area contributed by atoms with E-state index >= 15 is 0 Å². The van der Waals surface area contributed by atoms with Crippen LogP contribution in [0.15, 0.2) is 0 Å². The first-order chi connectivity index (χ1) is 11.4. The fourth-order valence-corrected chi connectivity index (χ4v) is 1.93. The summed E-state index contributed by atoms with van der Waals surface area (Å²) in [6, 6.07) is 0. The van der Waals surface area contributed by atoms with Gasteiger partial charge in [-0.2, -0.15) is 0 Å². The highest BCUT2D eigenvalue weighted by molar-refractivity contribution is 4.42. The summed E-state index contributed by atoms with van der Waals surface area (Å²) < 4.78 is 27.1. The summed E-state index contributed by atoms with van der Waals surface area (Å²) >= 11 is 0. The van der Waals surface area contributed by atoms with E-state index in [1.165, 1.54) is 25.7 Å². The minimum atomic E-state index is 0.603. The Morgan fingerprint density at radius 3 is 1.17 bits per heavy atom. The van der Waals surface area contributed by atoms with Gasteiger partial charge in [0, 0.05) is 13.2 Å². The molecule has 0 rings (SSSR count). The van der Waals surface area contributed by atoms with Gasteiger partial charge in [0.15, 0.2) is 0 Å². The lowest BCUT2D eigenvalue weighted by Crippen LogP contribution is -2.13. The van der Waals surface area contributed by atoms with Crippen molar-refractivity contribution in [3.05, 3.63) is 0 Å². The van der Waals surface area contributed by atoms with Crippen molar-refractivity contribution in [1.82, 2.24) is 0 Å². The van der Waals surface area contributed by atoms with Crippen LogP contribution in [0.2, 0.25) is 0 Å². The maximum atomic E-state index is 5.52. The van der Waals surface area contributed by atoms with Crippen molar-refractivity contribution in [3.63, 3.8) is 0 Å². The standard InChI is InChI=1S/C18H38O5/c1-3-5-6-7-8-10-20-12-14-22-16-18-23-17-15-21-13-11-19-9-4-2/h3-18H2,1-2H3. The molecule has 0 fully saturated rings. The Hall–Kier alpha value is -0.200. The Morgan fingerprint density at radius 2 is 0.739 bits per heavy atom. The molecule has 5 heteroatoms. The smallest absolute Gasteiger partial charge is 0.0701 e. The number of hydrogen-bond donors (Lipinski definition) is 0. The van der Waals surface area contributed by atoms with Crippen LogP contribution in [0, 0.1) is 0 Å². The van der Waals surface area contributed by atoms with Crippen LogP contribution in [0.3, 0.4) is 0 Å². The molecular weight excluding hydrogens is 296 g/mol. The predicted octanol–water partition coefficient (Wildman–Crippen LogP) is 3.45. The maximum absolute atomic E-state index is 5.52. The van der Waals surface area contributed by atoms with Gasteiger partial charge in [0.05, 0.1) is 52.9 Å². The molecule has 5 nitrogen and oxygen atoms in total. The summed E-state index contributed by atoms with van der Waals surface area (Å²) in [4.78, 5) is 0. The lowest BCUT2D eigenvalue weighted by atomic mass is 10.2. The summed E-state index contributed by atoms with van der Waals surface area (Å²) in [7, 11) is 0. The Kier molecular flexibility index (Phi) is 21.6. The normalized spacial score (nSPS) is 11.2. The van der Waals surface area contributed by atoms with E-state index in [1.807, 2.05) is 0 Å². The van der Waals surface area contributed by atoms with Crippen molar-refractivity contribution >= 4 is 0 Å². The summed E-state index contributed by atoms with van der Waals surface area (Å²) in [6.45, 7) is 11.0. The molecule has 0 aliphatic heterocycles. The van der Waals surface area contributed by atoms with Gasteiger partial charge < -0.3 is 23.7 Å². The number of ether oxygens (including phenoxy) is 5. The Labute approximate surface area is 143 Å². The highest BCUT2D eigenvalue weighted by Crippen LogP contribution is 2.02. The van der Waals surface area contributed by atoms with Crippen molar-refractivity contribution in [2.45, 2.75) is 52.4 Å². The zero-order valence-electron chi connectivity index (χ0n) is 15.4. The fourth-order valence-electron chi connectivity index (χ4n) is 1.93. The molecule has 0 spiro atoms. The van der Waals surface area contributed by atoms with Crippen LogP contribution < -0.4 is 0 Å². The Bertz CT molecular complexity index is 182. The molecule has 0 aliphatic rings. The van der Waals surface area contributed by atoms with E-state index < -0.39 is 0 Å². The predicted molar refractivity (Wildman–Crippen MR) is 93.1 cm³/mol. The van der Waals surface area contributed by atoms with Crippen molar-refractivity contribution in [2.75, 3.05) is 66.1 Å². The second kappa shape index (κ2) is 21.8. The molecular formula is C18H38O5. The maximum Gasteiger partial charge on any atom is 0.0701 e. The van der Waals surface area contributed by atoms with Gasteiger partial charge in [-0.15, -0.1) is 0 Å². The fraction of sp³-hybridized carbons (Fsp3) is 1.00. The van der Waals surface area contributed by atoms with Gasteiger partial charge in [-0.25, -0.2) is 0 Å². The molecule has 0 aliphatic carbocycles. The van der Waals surface area contributed by atoms with Gasteiger partial charge in [0.25, 0.3) is 0 Å². The monoisotopic (exact) mass is 334 g/mol. The van der Waals surface area contributed by atoms with Gasteiger partial charge in [0.1, 0.15) is 0 Å². The number of unbranched alkanes of at least 4 members (excludes halogenated alkanes) is 4. The number of rotatable bonds is 20. The molecule has 0 atom stereocenters. The third-order valence-corrected chi connectivity index (χ3v) is 3.23. The van der Waals surface area contributed by atoms with E-state index in [0.29, 0.717) is 52.9 Å². The first-order valence-corrected chi connectivity index (χ1v) is 9.30. The van der Waals surface area contributed by atoms with Crippen LogP contribution in [0.4, 0.5) is 0 Å². The van der Waals surface area contributed by atoms with E-state index in [2.05, 4.69) is 13.8 Å². The molecule has 0 bridgehead atoms. The molecule has 0 heterocycles. The van der Waals surface area contributed by atoms with Crippen LogP contribution >= 0.6 is 0 Å². The van der Waals surface area contributed by atoms with E-state index in [-0.39, 0.29) is 0 Å². The van der Waals surface area contributed by atoms with Crippen LogP contribution in [-0.4, -0.2) is 66.1 Å². The SMILES string of the molecule is CCCCCCCOCCOCCOCCOCCOCCC. The number of hydrogen-bond acceptors (Lipinski definition) is 5. The first kappa shape index (κ1) is 22.8. The highest BCUT2D eigenvalue weighted by atomic mass is 16.6. The third kappa shape index (κ3) is 21.8. The summed E-state index contributed by atoms with van der Waals surface area (Å²) in [5.41, 5.74) is 0. The minimum Gasteiger partial charge on any atom is -0.379 e. The van der Waals surface area contributed by atoms with Gasteiger partial charge in [-0.3, -0.25) is 0 Å². The van der Waals surface area contributed by atoms with Crippen LogP contribution in [0.1, 0.15) is 52.4 Å². The minimum absolute atomic E-state index is 0.603. The second-order valence-electron chi connectivity index (χ2n) is 5.48. The van der Waals surface area contributed by atoms with Gasteiger partial charge in [-0.05, 0) is 12.8 Å². The lowest BCUT2D eigenvalue weighted by Gasteiger charge is -2.07. The van der Waals surface area contributed by atoms with Crippen LogP contribution in [0.25, 0.3) is 0 Å². The van der Waals surface area contributed by atoms with Crippen LogP contribution in [0.5, 0.6) is 0 Å². The average Bonchev–Trinajstić information content (AvgIpc) is 2.57. The summed E-state index contributed by atoms with van der Waals surface area (Å²) in [6.07, 6.45) is 7.43. The lowest BCUT2D eigenvalue weighted by molar-refractivity contribution is -0.0111. The summed E-state index contributed by atoms with van der Waals surface area (Å²) in [5.74, 6) is 0. The van der Waals surface area contributed by atoms with Crippen molar-refractivity contribution in [2.24, 2.45) is 0 Å². The molecule has 0 saturated heterocycles. The highest BCUT2D eigenvalue weighted by Gasteiger charge is 1.94. The van der Waals surface area contributed by atoms with Crippen molar-refractivity contribution in [3.8, 4) is 0 Å². The topological polar surface area (TPSA) is 46.2 Å². The van der Waals surface area contributed by atoms with Gasteiger partial charge in [0.2, 0.25) is 0 Å². The first-order valence-electron chi connectivity index (χ1n) is 9.30. The zero-order valence-corrected chi connectivity index (χ0v) is 15.4. The molecule has 0 radical (unpaired) electrons. The van der Waals surface area contributed by atoms with E-state index in [4.69, 9.17) is 23.7 Å². The average molecular weight is 334 g/mol. The molecule has 0 aromatic carbocycles. The molecule has 140 valence electrons. The third-order valence-electron chi connectivity index (χ3n) is 3.23.